The van der Waals surface area contributed by atoms with E-state index in [0.717, 1.165) is 0 Å². The number of nitrogen functional groups attached to an aromatic ring is 1. The summed E-state index contributed by atoms with van der Waals surface area (Å²) in [6, 6.07) is 4.52. The van der Waals surface area contributed by atoms with E-state index < -0.39 is 29.0 Å². The highest BCUT2D eigenvalue weighted by Crippen LogP contribution is 2.31. The van der Waals surface area contributed by atoms with Crippen LogP contribution in [0.3, 0.4) is 0 Å². The molecule has 19 heavy (non-hydrogen) atoms. The van der Waals surface area contributed by atoms with Crippen LogP contribution in [0.25, 0.3) is 0 Å². The molecule has 0 amide bonds. The quantitative estimate of drug-likeness (QED) is 0.487. The molecular formula is C12H7BrF4N2. The molecule has 0 saturated carbocycles. The Morgan fingerprint density at radius 3 is 2.05 bits per heavy atom. The summed E-state index contributed by atoms with van der Waals surface area (Å²) in [5, 5.41) is 2.29. The molecule has 0 bridgehead atoms. The predicted molar refractivity (Wildman–Crippen MR) is 68.1 cm³/mol. The number of anilines is 3. The Bertz CT molecular complexity index is 620. The van der Waals surface area contributed by atoms with Gasteiger partial charge in [-0.1, -0.05) is 0 Å². The van der Waals surface area contributed by atoms with E-state index in [1.54, 1.807) is 0 Å². The van der Waals surface area contributed by atoms with Crippen LogP contribution in [0.4, 0.5) is 34.6 Å². The molecule has 2 nitrogen and oxygen atoms in total. The summed E-state index contributed by atoms with van der Waals surface area (Å²) in [6.45, 7) is 0. The van der Waals surface area contributed by atoms with Gasteiger partial charge in [0.1, 0.15) is 5.69 Å². The predicted octanol–water partition coefficient (Wildman–Crippen LogP) is 4.33. The van der Waals surface area contributed by atoms with Crippen molar-refractivity contribution in [2.75, 3.05) is 11.1 Å². The first-order valence-corrected chi connectivity index (χ1v) is 5.84. The lowest BCUT2D eigenvalue weighted by Crippen LogP contribution is -2.03. The van der Waals surface area contributed by atoms with E-state index in [4.69, 9.17) is 5.73 Å². The Balaban J connectivity index is 2.49. The van der Waals surface area contributed by atoms with Crippen molar-refractivity contribution in [3.8, 4) is 0 Å². The standard InChI is InChI=1S/C12H7BrF4N2/c13-6-3-5(18)1-2-9(6)19-12-10(16)7(14)4-8(15)11(12)17/h1-4,19H,18H2. The van der Waals surface area contributed by atoms with Gasteiger partial charge in [-0.25, -0.2) is 17.6 Å². The molecule has 100 valence electrons. The lowest BCUT2D eigenvalue weighted by atomic mass is 10.2. The maximum absolute atomic E-state index is 13.5. The summed E-state index contributed by atoms with van der Waals surface area (Å²) in [5.74, 6) is -5.95. The molecule has 2 aromatic rings. The van der Waals surface area contributed by atoms with Crippen LogP contribution >= 0.6 is 15.9 Å². The van der Waals surface area contributed by atoms with Crippen LogP contribution < -0.4 is 11.1 Å². The van der Waals surface area contributed by atoms with Gasteiger partial charge in [-0.3, -0.25) is 0 Å². The second kappa shape index (κ2) is 5.08. The number of halogens is 5. The third kappa shape index (κ3) is 2.65. The molecule has 0 fully saturated rings. The Morgan fingerprint density at radius 1 is 0.947 bits per heavy atom. The second-order valence-corrected chi connectivity index (χ2v) is 4.56. The normalized spacial score (nSPS) is 10.6. The summed E-state index contributed by atoms with van der Waals surface area (Å²) < 4.78 is 53.4. The first-order valence-electron chi connectivity index (χ1n) is 5.05. The van der Waals surface area contributed by atoms with Crippen LogP contribution in [-0.2, 0) is 0 Å². The molecule has 0 aliphatic carbocycles. The molecule has 0 radical (unpaired) electrons. The molecule has 0 aromatic heterocycles. The summed E-state index contributed by atoms with van der Waals surface area (Å²) in [4.78, 5) is 0. The SMILES string of the molecule is Nc1ccc(Nc2c(F)c(F)cc(F)c2F)c(Br)c1. The number of hydrogen-bond donors (Lipinski definition) is 2. The van der Waals surface area contributed by atoms with Crippen LogP contribution in [0.15, 0.2) is 28.7 Å². The summed E-state index contributed by atoms with van der Waals surface area (Å²) in [6.07, 6.45) is 0. The third-order valence-electron chi connectivity index (χ3n) is 2.36. The largest absolute Gasteiger partial charge is 0.399 e. The highest BCUT2D eigenvalue weighted by atomic mass is 79.9. The average Bonchev–Trinajstić information content (AvgIpc) is 2.34. The Kier molecular flexibility index (Phi) is 3.66. The van der Waals surface area contributed by atoms with Gasteiger partial charge >= 0.3 is 0 Å². The van der Waals surface area contributed by atoms with E-state index in [-0.39, 0.29) is 11.8 Å². The highest BCUT2D eigenvalue weighted by Gasteiger charge is 2.19. The van der Waals surface area contributed by atoms with Crippen LogP contribution in [-0.4, -0.2) is 0 Å². The van der Waals surface area contributed by atoms with Gasteiger partial charge < -0.3 is 11.1 Å². The molecule has 0 spiro atoms. The average molecular weight is 335 g/mol. The van der Waals surface area contributed by atoms with E-state index in [2.05, 4.69) is 21.2 Å². The molecule has 0 aliphatic rings. The lowest BCUT2D eigenvalue weighted by molar-refractivity contribution is 0.459. The topological polar surface area (TPSA) is 38.0 Å². The second-order valence-electron chi connectivity index (χ2n) is 3.71. The highest BCUT2D eigenvalue weighted by molar-refractivity contribution is 9.10. The number of benzene rings is 2. The molecule has 2 rings (SSSR count). The van der Waals surface area contributed by atoms with Crippen LogP contribution in [0.2, 0.25) is 0 Å². The zero-order chi connectivity index (χ0) is 14.2. The fraction of sp³-hybridized carbons (Fsp3) is 0. The molecule has 0 saturated heterocycles. The van der Waals surface area contributed by atoms with Gasteiger partial charge in [0, 0.05) is 16.2 Å². The van der Waals surface area contributed by atoms with Crippen LogP contribution in [0, 0.1) is 23.3 Å². The first-order chi connectivity index (χ1) is 8.90. The molecule has 0 unspecified atom stereocenters. The number of rotatable bonds is 2. The van der Waals surface area contributed by atoms with Crippen LogP contribution in [0.1, 0.15) is 0 Å². The van der Waals surface area contributed by atoms with E-state index >= 15 is 0 Å². The van der Waals surface area contributed by atoms with Crippen molar-refractivity contribution >= 4 is 33.0 Å². The Labute approximate surface area is 114 Å². The molecule has 3 N–H and O–H groups in total. The smallest absolute Gasteiger partial charge is 0.185 e. The molecule has 0 aliphatic heterocycles. The number of nitrogens with two attached hydrogens (primary N) is 1. The van der Waals surface area contributed by atoms with E-state index in [1.807, 2.05) is 0 Å². The molecular weight excluding hydrogens is 328 g/mol. The van der Waals surface area contributed by atoms with Crippen molar-refractivity contribution in [3.63, 3.8) is 0 Å². The third-order valence-corrected chi connectivity index (χ3v) is 3.02. The fourth-order valence-corrected chi connectivity index (χ4v) is 1.95. The summed E-state index contributed by atoms with van der Waals surface area (Å²) >= 11 is 3.12. The maximum atomic E-state index is 13.5. The fourth-order valence-electron chi connectivity index (χ4n) is 1.45. The minimum atomic E-state index is -1.50. The van der Waals surface area contributed by atoms with Gasteiger partial charge in [0.2, 0.25) is 0 Å². The monoisotopic (exact) mass is 334 g/mol. The first kappa shape index (κ1) is 13.7. The van der Waals surface area contributed by atoms with E-state index in [9.17, 15) is 17.6 Å². The molecule has 7 heteroatoms. The van der Waals surface area contributed by atoms with Crippen LogP contribution in [0.5, 0.6) is 0 Å². The Morgan fingerprint density at radius 2 is 1.53 bits per heavy atom. The van der Waals surface area contributed by atoms with Gasteiger partial charge in [-0.2, -0.15) is 0 Å². The lowest BCUT2D eigenvalue weighted by Gasteiger charge is -2.11. The van der Waals surface area contributed by atoms with Gasteiger partial charge in [-0.05, 0) is 34.1 Å². The summed E-state index contributed by atoms with van der Waals surface area (Å²) in [7, 11) is 0. The van der Waals surface area contributed by atoms with Crippen molar-refractivity contribution in [3.05, 3.63) is 52.0 Å². The van der Waals surface area contributed by atoms with E-state index in [0.29, 0.717) is 10.2 Å². The maximum Gasteiger partial charge on any atom is 0.185 e. The van der Waals surface area contributed by atoms with E-state index in [1.165, 1.54) is 18.2 Å². The molecule has 0 heterocycles. The van der Waals surface area contributed by atoms with Gasteiger partial charge in [0.05, 0.1) is 5.69 Å². The minimum absolute atomic E-state index is 0.147. The number of hydrogen-bond acceptors (Lipinski definition) is 2. The van der Waals surface area contributed by atoms with Gasteiger partial charge in [0.15, 0.2) is 23.3 Å². The van der Waals surface area contributed by atoms with Gasteiger partial charge in [0.25, 0.3) is 0 Å². The minimum Gasteiger partial charge on any atom is -0.399 e. The van der Waals surface area contributed by atoms with Gasteiger partial charge in [-0.15, -0.1) is 0 Å². The van der Waals surface area contributed by atoms with Crippen molar-refractivity contribution < 1.29 is 17.6 Å². The molecule has 2 aromatic carbocycles. The summed E-state index contributed by atoms with van der Waals surface area (Å²) in [5.41, 5.74) is 5.24. The molecule has 0 atom stereocenters. The van der Waals surface area contributed by atoms with Crippen molar-refractivity contribution in [1.29, 1.82) is 0 Å². The van der Waals surface area contributed by atoms with Crippen molar-refractivity contribution in [1.82, 2.24) is 0 Å². The van der Waals surface area contributed by atoms with Crippen molar-refractivity contribution in [2.24, 2.45) is 0 Å². The number of nitrogens with one attached hydrogen (secondary N) is 1. The van der Waals surface area contributed by atoms with Crippen molar-refractivity contribution in [2.45, 2.75) is 0 Å². The Hall–Kier alpha value is -1.76. The zero-order valence-corrected chi connectivity index (χ0v) is 10.9. The zero-order valence-electron chi connectivity index (χ0n) is 9.28.